The number of nitrogens with zero attached hydrogens (tertiary/aromatic N) is 2. The Balaban J connectivity index is 1.59. The van der Waals surface area contributed by atoms with Gasteiger partial charge in [-0.25, -0.2) is 4.39 Å². The van der Waals surface area contributed by atoms with Crippen LogP contribution in [0.4, 0.5) is 4.39 Å². The molecule has 0 saturated heterocycles. The molecule has 1 heterocycles. The quantitative estimate of drug-likeness (QED) is 0.821. The molecule has 3 rings (SSSR count). The summed E-state index contributed by atoms with van der Waals surface area (Å²) in [6.07, 6.45) is 0.323. The van der Waals surface area contributed by atoms with E-state index in [9.17, 15) is 9.18 Å². The van der Waals surface area contributed by atoms with Crippen molar-refractivity contribution in [2.45, 2.75) is 12.2 Å². The van der Waals surface area contributed by atoms with Gasteiger partial charge in [0, 0.05) is 12.3 Å². The standard InChI is InChI=1S/C19H19FN2O2S/c1-24-17-7-5-14(6-8-17)12-18(23)22-10-9-21-19(22)25-13-15-3-2-4-16(20)11-15/h2-8,11H,9-10,12-13H2,1H3. The molecule has 0 N–H and O–H groups in total. The highest BCUT2D eigenvalue weighted by Gasteiger charge is 2.24. The highest BCUT2D eigenvalue weighted by Crippen LogP contribution is 2.21. The summed E-state index contributed by atoms with van der Waals surface area (Å²) in [6, 6.07) is 14.0. The average Bonchev–Trinajstić information content (AvgIpc) is 3.09. The lowest BCUT2D eigenvalue weighted by Gasteiger charge is -2.18. The normalized spacial score (nSPS) is 13.7. The van der Waals surface area contributed by atoms with E-state index in [1.807, 2.05) is 30.3 Å². The molecule has 1 amide bonds. The Kier molecular flexibility index (Phi) is 5.71. The number of rotatable bonds is 5. The van der Waals surface area contributed by atoms with Crippen LogP contribution in [0.15, 0.2) is 53.5 Å². The van der Waals surface area contributed by atoms with Crippen molar-refractivity contribution in [3.8, 4) is 5.75 Å². The van der Waals surface area contributed by atoms with E-state index in [2.05, 4.69) is 4.99 Å². The monoisotopic (exact) mass is 358 g/mol. The van der Waals surface area contributed by atoms with E-state index in [-0.39, 0.29) is 11.7 Å². The fourth-order valence-electron chi connectivity index (χ4n) is 2.57. The Labute approximate surface area is 150 Å². The van der Waals surface area contributed by atoms with Crippen LogP contribution in [0.2, 0.25) is 0 Å². The number of ether oxygens (including phenoxy) is 1. The van der Waals surface area contributed by atoms with Crippen LogP contribution in [0.3, 0.4) is 0 Å². The number of aliphatic imine (C=N–C) groups is 1. The number of methoxy groups -OCH3 is 1. The zero-order valence-electron chi connectivity index (χ0n) is 13.9. The van der Waals surface area contributed by atoms with Gasteiger partial charge in [0.15, 0.2) is 5.17 Å². The Morgan fingerprint density at radius 1 is 1.24 bits per heavy atom. The first-order chi connectivity index (χ1) is 12.2. The summed E-state index contributed by atoms with van der Waals surface area (Å²) < 4.78 is 18.4. The van der Waals surface area contributed by atoms with Gasteiger partial charge in [-0.15, -0.1) is 0 Å². The maximum atomic E-state index is 13.3. The summed E-state index contributed by atoms with van der Waals surface area (Å²) >= 11 is 1.47. The predicted octanol–water partition coefficient (Wildman–Crippen LogP) is 3.51. The zero-order chi connectivity index (χ0) is 17.6. The van der Waals surface area contributed by atoms with Crippen LogP contribution in [0, 0.1) is 5.82 Å². The van der Waals surface area contributed by atoms with Crippen LogP contribution in [0.1, 0.15) is 11.1 Å². The Morgan fingerprint density at radius 3 is 2.76 bits per heavy atom. The molecule has 0 saturated carbocycles. The van der Waals surface area contributed by atoms with Gasteiger partial charge in [-0.05, 0) is 35.4 Å². The summed E-state index contributed by atoms with van der Waals surface area (Å²) in [4.78, 5) is 18.7. The lowest BCUT2D eigenvalue weighted by atomic mass is 10.1. The highest BCUT2D eigenvalue weighted by atomic mass is 32.2. The van der Waals surface area contributed by atoms with Crippen molar-refractivity contribution in [3.63, 3.8) is 0 Å². The molecular formula is C19H19FN2O2S. The molecule has 0 aromatic heterocycles. The molecule has 0 radical (unpaired) electrons. The van der Waals surface area contributed by atoms with Crippen molar-refractivity contribution >= 4 is 22.8 Å². The van der Waals surface area contributed by atoms with E-state index < -0.39 is 0 Å². The van der Waals surface area contributed by atoms with Gasteiger partial charge in [-0.1, -0.05) is 36.0 Å². The highest BCUT2D eigenvalue weighted by molar-refractivity contribution is 8.13. The number of halogens is 1. The van der Waals surface area contributed by atoms with E-state index >= 15 is 0 Å². The van der Waals surface area contributed by atoms with Crippen molar-refractivity contribution in [1.29, 1.82) is 0 Å². The first kappa shape index (κ1) is 17.5. The number of thioether (sulfide) groups is 1. The summed E-state index contributed by atoms with van der Waals surface area (Å²) in [7, 11) is 1.61. The van der Waals surface area contributed by atoms with Crippen LogP contribution in [0.5, 0.6) is 5.75 Å². The summed E-state index contributed by atoms with van der Waals surface area (Å²) in [6.45, 7) is 1.21. The molecule has 1 aliphatic heterocycles. The van der Waals surface area contributed by atoms with Crippen molar-refractivity contribution in [3.05, 3.63) is 65.5 Å². The van der Waals surface area contributed by atoms with Crippen LogP contribution in [0.25, 0.3) is 0 Å². The maximum Gasteiger partial charge on any atom is 0.233 e. The Morgan fingerprint density at radius 2 is 2.04 bits per heavy atom. The number of hydrogen-bond donors (Lipinski definition) is 0. The van der Waals surface area contributed by atoms with Gasteiger partial charge in [0.05, 0.1) is 20.1 Å². The number of carbonyl (C=O) groups is 1. The molecule has 1 aliphatic rings. The van der Waals surface area contributed by atoms with Crippen LogP contribution < -0.4 is 4.74 Å². The van der Waals surface area contributed by atoms with E-state index in [0.29, 0.717) is 30.4 Å². The molecule has 0 fully saturated rings. The minimum Gasteiger partial charge on any atom is -0.497 e. The molecule has 2 aromatic rings. The summed E-state index contributed by atoms with van der Waals surface area (Å²) in [5.41, 5.74) is 1.81. The molecular weight excluding hydrogens is 339 g/mol. The zero-order valence-corrected chi connectivity index (χ0v) is 14.8. The molecule has 6 heteroatoms. The van der Waals surface area contributed by atoms with Gasteiger partial charge < -0.3 is 4.74 Å². The second-order valence-electron chi connectivity index (χ2n) is 5.65. The van der Waals surface area contributed by atoms with Gasteiger partial charge in [0.2, 0.25) is 5.91 Å². The fraction of sp³-hybridized carbons (Fsp3) is 0.263. The number of carbonyl (C=O) groups excluding carboxylic acids is 1. The Hall–Kier alpha value is -2.34. The molecule has 0 aliphatic carbocycles. The minimum absolute atomic E-state index is 0.0214. The third-order valence-electron chi connectivity index (χ3n) is 3.87. The Bertz CT molecular complexity index is 777. The van der Waals surface area contributed by atoms with Crippen molar-refractivity contribution in [2.75, 3.05) is 20.2 Å². The second-order valence-corrected chi connectivity index (χ2v) is 6.60. The number of amidine groups is 1. The molecule has 4 nitrogen and oxygen atoms in total. The topological polar surface area (TPSA) is 41.9 Å². The van der Waals surface area contributed by atoms with Gasteiger partial charge in [0.25, 0.3) is 0 Å². The lowest BCUT2D eigenvalue weighted by Crippen LogP contribution is -2.34. The lowest BCUT2D eigenvalue weighted by molar-refractivity contribution is -0.126. The first-order valence-corrected chi connectivity index (χ1v) is 8.99. The molecule has 25 heavy (non-hydrogen) atoms. The fourth-order valence-corrected chi connectivity index (χ4v) is 3.58. The second kappa shape index (κ2) is 8.16. The number of benzene rings is 2. The first-order valence-electron chi connectivity index (χ1n) is 8.00. The predicted molar refractivity (Wildman–Crippen MR) is 98.4 cm³/mol. The molecule has 0 unspecified atom stereocenters. The van der Waals surface area contributed by atoms with Gasteiger partial charge in [0.1, 0.15) is 11.6 Å². The van der Waals surface area contributed by atoms with E-state index in [1.54, 1.807) is 18.1 Å². The van der Waals surface area contributed by atoms with E-state index in [0.717, 1.165) is 16.9 Å². The summed E-state index contributed by atoms with van der Waals surface area (Å²) in [5, 5.41) is 0.711. The molecule has 130 valence electrons. The third kappa shape index (κ3) is 4.60. The molecule has 2 aromatic carbocycles. The van der Waals surface area contributed by atoms with Gasteiger partial charge >= 0.3 is 0 Å². The van der Waals surface area contributed by atoms with Crippen molar-refractivity contribution in [1.82, 2.24) is 4.90 Å². The number of amides is 1. The maximum absolute atomic E-state index is 13.3. The van der Waals surface area contributed by atoms with Gasteiger partial charge in [-0.3, -0.25) is 14.7 Å². The largest absolute Gasteiger partial charge is 0.497 e. The van der Waals surface area contributed by atoms with Gasteiger partial charge in [-0.2, -0.15) is 0 Å². The third-order valence-corrected chi connectivity index (χ3v) is 4.96. The van der Waals surface area contributed by atoms with Crippen molar-refractivity contribution < 1.29 is 13.9 Å². The average molecular weight is 358 g/mol. The minimum atomic E-state index is -0.251. The number of hydrogen-bond acceptors (Lipinski definition) is 4. The smallest absolute Gasteiger partial charge is 0.233 e. The summed E-state index contributed by atoms with van der Waals surface area (Å²) in [5.74, 6) is 1.13. The van der Waals surface area contributed by atoms with E-state index in [1.165, 1.54) is 23.9 Å². The SMILES string of the molecule is COc1ccc(CC(=O)N2CCN=C2SCc2cccc(F)c2)cc1. The van der Waals surface area contributed by atoms with Crippen LogP contribution in [-0.4, -0.2) is 36.2 Å². The van der Waals surface area contributed by atoms with Crippen molar-refractivity contribution in [2.24, 2.45) is 4.99 Å². The van der Waals surface area contributed by atoms with Crippen LogP contribution >= 0.6 is 11.8 Å². The van der Waals surface area contributed by atoms with E-state index in [4.69, 9.17) is 4.74 Å². The van der Waals surface area contributed by atoms with Crippen LogP contribution in [-0.2, 0) is 17.0 Å². The molecule has 0 bridgehead atoms. The molecule has 0 atom stereocenters. The molecule has 0 spiro atoms.